The maximum absolute atomic E-state index is 13.4. The van der Waals surface area contributed by atoms with Crippen LogP contribution < -0.4 is 10.5 Å². The quantitative estimate of drug-likeness (QED) is 0.711. The standard InChI is InChI=1S/C20H21FN4O2/c21-14-7-8-17-18(11-14)27-20(22-17)24-9-3-5-15(24)12-25-19(26)10-13-4-1-2-6-16(13)23-25/h7-8,10-11,15H,1-6,9,12H2. The lowest BCUT2D eigenvalue weighted by molar-refractivity contribution is 0.455. The summed E-state index contributed by atoms with van der Waals surface area (Å²) in [6, 6.07) is 6.69. The Morgan fingerprint density at radius 1 is 1.19 bits per heavy atom. The smallest absolute Gasteiger partial charge is 0.298 e. The summed E-state index contributed by atoms with van der Waals surface area (Å²) >= 11 is 0. The summed E-state index contributed by atoms with van der Waals surface area (Å²) in [4.78, 5) is 19.1. The molecule has 3 aromatic rings. The van der Waals surface area contributed by atoms with E-state index in [0.717, 1.165) is 56.3 Å². The van der Waals surface area contributed by atoms with Crippen molar-refractivity contribution in [3.63, 3.8) is 0 Å². The summed E-state index contributed by atoms with van der Waals surface area (Å²) in [5, 5.41) is 4.64. The van der Waals surface area contributed by atoms with Gasteiger partial charge in [0.05, 0.1) is 18.3 Å². The third kappa shape index (κ3) is 3.01. The summed E-state index contributed by atoms with van der Waals surface area (Å²) in [7, 11) is 0. The molecule has 0 bridgehead atoms. The number of hydrogen-bond donors (Lipinski definition) is 0. The van der Waals surface area contributed by atoms with Gasteiger partial charge in [0, 0.05) is 18.7 Å². The van der Waals surface area contributed by atoms with E-state index in [2.05, 4.69) is 15.0 Å². The summed E-state index contributed by atoms with van der Waals surface area (Å²) in [5.41, 5.74) is 3.21. The fourth-order valence-corrected chi connectivity index (χ4v) is 4.22. The van der Waals surface area contributed by atoms with Crippen LogP contribution in [0.5, 0.6) is 0 Å². The predicted octanol–water partition coefficient (Wildman–Crippen LogP) is 3.07. The van der Waals surface area contributed by atoms with Crippen molar-refractivity contribution in [1.82, 2.24) is 14.8 Å². The van der Waals surface area contributed by atoms with E-state index in [1.807, 2.05) is 0 Å². The second-order valence-electron chi connectivity index (χ2n) is 7.44. The second-order valence-corrected chi connectivity index (χ2v) is 7.44. The molecular formula is C20H21FN4O2. The van der Waals surface area contributed by atoms with Gasteiger partial charge < -0.3 is 9.32 Å². The van der Waals surface area contributed by atoms with Crippen LogP contribution in [0.25, 0.3) is 11.1 Å². The first-order chi connectivity index (χ1) is 13.2. The Morgan fingerprint density at radius 2 is 2.07 bits per heavy atom. The van der Waals surface area contributed by atoms with E-state index >= 15 is 0 Å². The van der Waals surface area contributed by atoms with E-state index in [4.69, 9.17) is 4.42 Å². The lowest BCUT2D eigenvalue weighted by Crippen LogP contribution is -2.38. The number of fused-ring (bicyclic) bond motifs is 2. The molecule has 2 aliphatic rings. The van der Waals surface area contributed by atoms with Gasteiger partial charge in [-0.25, -0.2) is 9.07 Å². The molecule has 1 fully saturated rings. The molecule has 0 radical (unpaired) electrons. The molecule has 7 heteroatoms. The zero-order chi connectivity index (χ0) is 18.4. The normalized spacial score (nSPS) is 19.6. The highest BCUT2D eigenvalue weighted by Gasteiger charge is 2.29. The van der Waals surface area contributed by atoms with Crippen molar-refractivity contribution in [1.29, 1.82) is 0 Å². The van der Waals surface area contributed by atoms with Gasteiger partial charge in [0.1, 0.15) is 11.3 Å². The fourth-order valence-electron chi connectivity index (χ4n) is 4.22. The number of benzene rings is 1. The number of aromatic nitrogens is 3. The van der Waals surface area contributed by atoms with Gasteiger partial charge in [0.25, 0.3) is 11.6 Å². The van der Waals surface area contributed by atoms with E-state index in [1.54, 1.807) is 16.8 Å². The van der Waals surface area contributed by atoms with E-state index in [-0.39, 0.29) is 17.4 Å². The number of anilines is 1. The number of rotatable bonds is 3. The van der Waals surface area contributed by atoms with E-state index in [1.165, 1.54) is 12.1 Å². The van der Waals surface area contributed by atoms with Crippen LogP contribution in [0.1, 0.15) is 36.9 Å². The Hall–Kier alpha value is -2.70. The Kier molecular flexibility index (Phi) is 3.95. The molecule has 1 aliphatic heterocycles. The number of aryl methyl sites for hydroxylation is 2. The molecular weight excluding hydrogens is 347 g/mol. The third-order valence-electron chi connectivity index (χ3n) is 5.62. The van der Waals surface area contributed by atoms with Gasteiger partial charge in [-0.05, 0) is 56.2 Å². The first-order valence-electron chi connectivity index (χ1n) is 9.60. The van der Waals surface area contributed by atoms with E-state index in [0.29, 0.717) is 23.7 Å². The second kappa shape index (κ2) is 6.48. The molecule has 1 saturated heterocycles. The topological polar surface area (TPSA) is 64.2 Å². The van der Waals surface area contributed by atoms with Crippen molar-refractivity contribution in [3.8, 4) is 0 Å². The maximum atomic E-state index is 13.4. The minimum absolute atomic E-state index is 0.0397. The van der Waals surface area contributed by atoms with E-state index in [9.17, 15) is 9.18 Å². The van der Waals surface area contributed by atoms with Gasteiger partial charge in [-0.2, -0.15) is 10.1 Å². The zero-order valence-corrected chi connectivity index (χ0v) is 15.0. The van der Waals surface area contributed by atoms with E-state index < -0.39 is 0 Å². The molecule has 1 unspecified atom stereocenters. The molecule has 140 valence electrons. The SMILES string of the molecule is O=c1cc2c(nn1CC1CCCN1c1nc3ccc(F)cc3o1)CCCC2. The Labute approximate surface area is 155 Å². The average Bonchev–Trinajstić information content (AvgIpc) is 3.28. The molecule has 0 saturated carbocycles. The molecule has 0 amide bonds. The summed E-state index contributed by atoms with van der Waals surface area (Å²) in [5.74, 6) is -0.340. The minimum Gasteiger partial charge on any atom is -0.423 e. The van der Waals surface area contributed by atoms with Crippen molar-refractivity contribution in [2.45, 2.75) is 51.1 Å². The van der Waals surface area contributed by atoms with Crippen molar-refractivity contribution in [3.05, 3.63) is 51.7 Å². The molecule has 3 heterocycles. The minimum atomic E-state index is -0.340. The number of halogens is 1. The lowest BCUT2D eigenvalue weighted by atomic mass is 9.97. The molecule has 5 rings (SSSR count). The van der Waals surface area contributed by atoms with Crippen LogP contribution in [0.2, 0.25) is 0 Å². The molecule has 27 heavy (non-hydrogen) atoms. The lowest BCUT2D eigenvalue weighted by Gasteiger charge is -2.24. The Morgan fingerprint density at radius 3 is 3.00 bits per heavy atom. The Balaban J connectivity index is 1.43. The number of nitrogens with zero attached hydrogens (tertiary/aromatic N) is 4. The fraction of sp³-hybridized carbons (Fsp3) is 0.450. The van der Waals surface area contributed by atoms with Crippen LogP contribution in [0.15, 0.2) is 33.5 Å². The van der Waals surface area contributed by atoms with Crippen molar-refractivity contribution in [2.24, 2.45) is 0 Å². The first kappa shape index (κ1) is 16.5. The molecule has 0 N–H and O–H groups in total. The van der Waals surface area contributed by atoms with Crippen molar-refractivity contribution >= 4 is 17.1 Å². The highest BCUT2D eigenvalue weighted by atomic mass is 19.1. The summed E-state index contributed by atoms with van der Waals surface area (Å²) < 4.78 is 20.8. The first-order valence-corrected chi connectivity index (χ1v) is 9.60. The van der Waals surface area contributed by atoms with Crippen molar-refractivity contribution in [2.75, 3.05) is 11.4 Å². The summed E-state index contributed by atoms with van der Waals surface area (Å²) in [6.07, 6.45) is 6.10. The van der Waals surface area contributed by atoms with Gasteiger partial charge in [-0.15, -0.1) is 0 Å². The van der Waals surface area contributed by atoms with Crippen LogP contribution in [0.4, 0.5) is 10.4 Å². The van der Waals surface area contributed by atoms with Gasteiger partial charge in [-0.3, -0.25) is 4.79 Å². The third-order valence-corrected chi connectivity index (χ3v) is 5.62. The van der Waals surface area contributed by atoms with Crippen molar-refractivity contribution < 1.29 is 8.81 Å². The van der Waals surface area contributed by atoms with Crippen LogP contribution in [0, 0.1) is 5.82 Å². The molecule has 1 aliphatic carbocycles. The van der Waals surface area contributed by atoms with Gasteiger partial charge >= 0.3 is 0 Å². The molecule has 1 atom stereocenters. The predicted molar refractivity (Wildman–Crippen MR) is 99.5 cm³/mol. The Bertz CT molecular complexity index is 1060. The maximum Gasteiger partial charge on any atom is 0.298 e. The van der Waals surface area contributed by atoms with Gasteiger partial charge in [0.2, 0.25) is 0 Å². The summed E-state index contributed by atoms with van der Waals surface area (Å²) in [6.45, 7) is 1.32. The van der Waals surface area contributed by atoms with Crippen LogP contribution in [0.3, 0.4) is 0 Å². The number of hydrogen-bond acceptors (Lipinski definition) is 5. The van der Waals surface area contributed by atoms with Crippen LogP contribution in [-0.2, 0) is 19.4 Å². The highest BCUT2D eigenvalue weighted by Crippen LogP contribution is 2.29. The highest BCUT2D eigenvalue weighted by molar-refractivity contribution is 5.74. The molecule has 0 spiro atoms. The molecule has 1 aromatic carbocycles. The molecule has 6 nitrogen and oxygen atoms in total. The zero-order valence-electron chi connectivity index (χ0n) is 15.0. The van der Waals surface area contributed by atoms with Gasteiger partial charge in [-0.1, -0.05) is 0 Å². The van der Waals surface area contributed by atoms with Crippen LogP contribution >= 0.6 is 0 Å². The molecule has 2 aromatic heterocycles. The van der Waals surface area contributed by atoms with Gasteiger partial charge in [0.15, 0.2) is 5.58 Å². The largest absolute Gasteiger partial charge is 0.423 e. The average molecular weight is 368 g/mol. The van der Waals surface area contributed by atoms with Crippen LogP contribution in [-0.4, -0.2) is 27.4 Å². The number of oxazole rings is 1. The monoisotopic (exact) mass is 368 g/mol.